The maximum absolute atomic E-state index is 12.5. The van der Waals surface area contributed by atoms with E-state index in [1.54, 1.807) is 54.6 Å². The van der Waals surface area contributed by atoms with Crippen LogP contribution in [0.4, 0.5) is 5.69 Å². The Morgan fingerprint density at radius 1 is 1.04 bits per heavy atom. The maximum atomic E-state index is 12.5. The van der Waals surface area contributed by atoms with Gasteiger partial charge >= 0.3 is 11.1 Å². The number of benzene rings is 2. The fraction of sp³-hybridized carbons (Fsp3) is 0.111. The maximum Gasteiger partial charge on any atom is 0.335 e. The van der Waals surface area contributed by atoms with Gasteiger partial charge in [-0.1, -0.05) is 30.3 Å². The number of fused-ring (bicyclic) bond motifs is 1. The first-order chi connectivity index (χ1) is 13.0. The summed E-state index contributed by atoms with van der Waals surface area (Å²) < 4.78 is 0.796. The van der Waals surface area contributed by atoms with E-state index in [0.29, 0.717) is 11.2 Å². The number of aromatic nitrogens is 2. The number of rotatable bonds is 5. The Hall–Kier alpha value is -3.88. The molecule has 1 amide bonds. The number of aromatic amines is 1. The molecule has 0 fully saturated rings. The molecule has 2 aromatic carbocycles. The number of para-hydroxylation sites is 2. The summed E-state index contributed by atoms with van der Waals surface area (Å²) in [5.41, 5.74) is 1.49. The molecule has 0 bridgehead atoms. The van der Waals surface area contributed by atoms with Crippen molar-refractivity contribution in [3.05, 3.63) is 75.3 Å². The van der Waals surface area contributed by atoms with Gasteiger partial charge in [0.05, 0.1) is 16.7 Å². The molecule has 136 valence electrons. The quantitative estimate of drug-likeness (QED) is 0.404. The molecule has 0 saturated carbocycles. The van der Waals surface area contributed by atoms with Gasteiger partial charge in [0, 0.05) is 0 Å². The number of Topliss-reactive ketones (excluding diaryl/α,β-unsaturated/α-hetero) is 1. The minimum Gasteiger partial charge on any atom is -0.316 e. The van der Waals surface area contributed by atoms with Gasteiger partial charge in [-0.15, -0.1) is 0 Å². The highest BCUT2D eigenvalue weighted by Gasteiger charge is 2.24. The first-order valence-electron chi connectivity index (χ1n) is 7.98. The number of carbonyl (C=O) groups is 2. The molecule has 0 radical (unpaired) electrons. The SMILES string of the molecule is CC(=O)C(N=Nc1ccccc1)C(=O)Nn1c(=O)c(=O)[nH]c2ccccc21. The highest BCUT2D eigenvalue weighted by atomic mass is 16.2. The monoisotopic (exact) mass is 365 g/mol. The number of H-pyrrole nitrogens is 1. The first-order valence-corrected chi connectivity index (χ1v) is 7.98. The van der Waals surface area contributed by atoms with Gasteiger partial charge in [-0.05, 0) is 31.2 Å². The second kappa shape index (κ2) is 7.56. The predicted molar refractivity (Wildman–Crippen MR) is 98.6 cm³/mol. The molecule has 1 unspecified atom stereocenters. The second-order valence-electron chi connectivity index (χ2n) is 5.65. The fourth-order valence-electron chi connectivity index (χ4n) is 2.38. The average molecular weight is 365 g/mol. The third-order valence-electron chi connectivity index (χ3n) is 3.69. The molecule has 0 aliphatic heterocycles. The minimum atomic E-state index is -1.46. The van der Waals surface area contributed by atoms with Crippen LogP contribution in [0, 0.1) is 0 Å². The lowest BCUT2D eigenvalue weighted by Crippen LogP contribution is -2.46. The molecule has 3 rings (SSSR count). The Labute approximate surface area is 152 Å². The van der Waals surface area contributed by atoms with Crippen LogP contribution in [-0.2, 0) is 9.59 Å². The molecule has 0 aliphatic rings. The van der Waals surface area contributed by atoms with Crippen LogP contribution in [0.25, 0.3) is 11.0 Å². The normalized spacial score (nSPS) is 12.2. The van der Waals surface area contributed by atoms with Crippen LogP contribution < -0.4 is 16.5 Å². The van der Waals surface area contributed by atoms with Crippen molar-refractivity contribution in [2.24, 2.45) is 10.2 Å². The largest absolute Gasteiger partial charge is 0.335 e. The van der Waals surface area contributed by atoms with Crippen LogP contribution in [0.1, 0.15) is 6.92 Å². The number of amides is 1. The zero-order valence-electron chi connectivity index (χ0n) is 14.2. The van der Waals surface area contributed by atoms with E-state index in [1.165, 1.54) is 6.92 Å². The topological polar surface area (TPSA) is 126 Å². The number of nitrogens with zero attached hydrogens (tertiary/aromatic N) is 3. The number of nitrogens with one attached hydrogen (secondary N) is 2. The van der Waals surface area contributed by atoms with Gasteiger partial charge in [-0.25, -0.2) is 4.68 Å². The Morgan fingerprint density at radius 2 is 1.70 bits per heavy atom. The minimum absolute atomic E-state index is 0.276. The Morgan fingerprint density at radius 3 is 2.41 bits per heavy atom. The molecule has 1 heterocycles. The Bertz CT molecular complexity index is 1150. The van der Waals surface area contributed by atoms with Gasteiger partial charge in [0.2, 0.25) is 6.04 Å². The van der Waals surface area contributed by atoms with Crippen LogP contribution in [0.2, 0.25) is 0 Å². The third-order valence-corrected chi connectivity index (χ3v) is 3.69. The highest BCUT2D eigenvalue weighted by molar-refractivity contribution is 6.08. The number of azo groups is 1. The Kier molecular flexibility index (Phi) is 5.02. The molecule has 0 aliphatic carbocycles. The number of ketones is 1. The van der Waals surface area contributed by atoms with E-state index in [9.17, 15) is 19.2 Å². The number of hydrogen-bond acceptors (Lipinski definition) is 6. The van der Waals surface area contributed by atoms with Gasteiger partial charge < -0.3 is 4.98 Å². The van der Waals surface area contributed by atoms with Gasteiger partial charge in [-0.2, -0.15) is 10.2 Å². The molecule has 9 heteroatoms. The molecule has 1 atom stereocenters. The third kappa shape index (κ3) is 3.87. The van der Waals surface area contributed by atoms with E-state index in [1.807, 2.05) is 0 Å². The molecule has 3 aromatic rings. The summed E-state index contributed by atoms with van der Waals surface area (Å²) in [6.07, 6.45) is 0. The van der Waals surface area contributed by atoms with Crippen LogP contribution >= 0.6 is 0 Å². The van der Waals surface area contributed by atoms with Crippen molar-refractivity contribution in [1.82, 2.24) is 9.66 Å². The lowest BCUT2D eigenvalue weighted by molar-refractivity contribution is -0.126. The van der Waals surface area contributed by atoms with E-state index < -0.39 is 28.9 Å². The van der Waals surface area contributed by atoms with Crippen molar-refractivity contribution in [1.29, 1.82) is 0 Å². The van der Waals surface area contributed by atoms with Crippen molar-refractivity contribution in [2.45, 2.75) is 13.0 Å². The summed E-state index contributed by atoms with van der Waals surface area (Å²) in [5, 5.41) is 7.66. The summed E-state index contributed by atoms with van der Waals surface area (Å²) >= 11 is 0. The van der Waals surface area contributed by atoms with Crippen LogP contribution in [0.3, 0.4) is 0 Å². The highest BCUT2D eigenvalue weighted by Crippen LogP contribution is 2.12. The number of hydrogen-bond donors (Lipinski definition) is 2. The Balaban J connectivity index is 1.95. The van der Waals surface area contributed by atoms with E-state index in [4.69, 9.17) is 0 Å². The summed E-state index contributed by atoms with van der Waals surface area (Å²) in [7, 11) is 0. The summed E-state index contributed by atoms with van der Waals surface area (Å²) in [6.45, 7) is 1.19. The van der Waals surface area contributed by atoms with E-state index in [-0.39, 0.29) is 5.52 Å². The van der Waals surface area contributed by atoms with Crippen molar-refractivity contribution < 1.29 is 9.59 Å². The van der Waals surface area contributed by atoms with Crippen molar-refractivity contribution >= 4 is 28.4 Å². The van der Waals surface area contributed by atoms with Gasteiger partial charge in [0.15, 0.2) is 5.78 Å². The lowest BCUT2D eigenvalue weighted by Gasteiger charge is -2.13. The standard InChI is InChI=1S/C18H15N5O4/c1-11(24)15(21-20-12-7-3-2-4-8-12)16(25)22-23-14-10-6-5-9-13(14)19-17(26)18(23)27/h2-10,15H,1H3,(H,19,26)(H,22,25). The van der Waals surface area contributed by atoms with E-state index in [0.717, 1.165) is 4.68 Å². The van der Waals surface area contributed by atoms with Crippen LogP contribution in [-0.4, -0.2) is 27.4 Å². The predicted octanol–water partition coefficient (Wildman–Crippen LogP) is 1.50. The summed E-state index contributed by atoms with van der Waals surface area (Å²) in [4.78, 5) is 50.7. The van der Waals surface area contributed by atoms with Crippen LogP contribution in [0.5, 0.6) is 0 Å². The second-order valence-corrected chi connectivity index (χ2v) is 5.65. The fourth-order valence-corrected chi connectivity index (χ4v) is 2.38. The molecule has 0 spiro atoms. The molecule has 9 nitrogen and oxygen atoms in total. The molecule has 27 heavy (non-hydrogen) atoms. The summed E-state index contributed by atoms with van der Waals surface area (Å²) in [6, 6.07) is 13.5. The summed E-state index contributed by atoms with van der Waals surface area (Å²) in [5.74, 6) is -1.44. The van der Waals surface area contributed by atoms with Gasteiger partial charge in [0.25, 0.3) is 5.91 Å². The van der Waals surface area contributed by atoms with Crippen molar-refractivity contribution in [3.8, 4) is 0 Å². The first kappa shape index (κ1) is 17.9. The molecule has 2 N–H and O–H groups in total. The van der Waals surface area contributed by atoms with Crippen LogP contribution in [0.15, 0.2) is 74.4 Å². The molecular formula is C18H15N5O4. The van der Waals surface area contributed by atoms with Gasteiger partial charge in [0.1, 0.15) is 0 Å². The number of carbonyl (C=O) groups excluding carboxylic acids is 2. The zero-order valence-corrected chi connectivity index (χ0v) is 14.2. The smallest absolute Gasteiger partial charge is 0.316 e. The molecule has 0 saturated heterocycles. The molecular weight excluding hydrogens is 350 g/mol. The lowest BCUT2D eigenvalue weighted by atomic mass is 10.2. The molecule has 1 aromatic heterocycles. The zero-order chi connectivity index (χ0) is 19.4. The van der Waals surface area contributed by atoms with Crippen molar-refractivity contribution in [2.75, 3.05) is 5.43 Å². The average Bonchev–Trinajstić information content (AvgIpc) is 2.66. The van der Waals surface area contributed by atoms with E-state index >= 15 is 0 Å². The van der Waals surface area contributed by atoms with E-state index in [2.05, 4.69) is 20.6 Å². The van der Waals surface area contributed by atoms with Gasteiger partial charge in [-0.3, -0.25) is 24.6 Å². The van der Waals surface area contributed by atoms with Crippen molar-refractivity contribution in [3.63, 3.8) is 0 Å².